The Morgan fingerprint density at radius 1 is 1.44 bits per heavy atom. The van der Waals surface area contributed by atoms with E-state index < -0.39 is 0 Å². The number of thiazole rings is 1. The van der Waals surface area contributed by atoms with Crippen LogP contribution in [-0.4, -0.2) is 59.3 Å². The van der Waals surface area contributed by atoms with Gasteiger partial charge in [-0.2, -0.15) is 5.10 Å². The molecule has 2 aromatic heterocycles. The van der Waals surface area contributed by atoms with Crippen molar-refractivity contribution in [1.29, 1.82) is 0 Å². The number of amides is 1. The van der Waals surface area contributed by atoms with Crippen LogP contribution in [0.15, 0.2) is 17.6 Å². The van der Waals surface area contributed by atoms with Crippen LogP contribution in [-0.2, 0) is 17.8 Å². The van der Waals surface area contributed by atoms with Gasteiger partial charge in [-0.25, -0.2) is 4.98 Å². The van der Waals surface area contributed by atoms with Gasteiger partial charge in [-0.05, 0) is 40.0 Å². The van der Waals surface area contributed by atoms with E-state index in [9.17, 15) is 4.79 Å². The number of nitrogens with zero attached hydrogens (tertiary/aromatic N) is 4. The van der Waals surface area contributed by atoms with E-state index in [0.29, 0.717) is 18.2 Å². The van der Waals surface area contributed by atoms with Gasteiger partial charge in [0, 0.05) is 30.1 Å². The first-order valence-corrected chi connectivity index (χ1v) is 9.61. The maximum atomic E-state index is 12.2. The van der Waals surface area contributed by atoms with Gasteiger partial charge in [0.05, 0.1) is 23.7 Å². The van der Waals surface area contributed by atoms with Crippen LogP contribution in [0.2, 0.25) is 0 Å². The molecule has 2 aromatic rings. The Morgan fingerprint density at radius 3 is 3.00 bits per heavy atom. The Balaban J connectivity index is 1.50. The van der Waals surface area contributed by atoms with Crippen molar-refractivity contribution in [2.24, 2.45) is 0 Å². The van der Waals surface area contributed by atoms with E-state index in [-0.39, 0.29) is 5.91 Å². The summed E-state index contributed by atoms with van der Waals surface area (Å²) in [5, 5.41) is 13.8. The molecule has 0 atom stereocenters. The molecule has 0 unspecified atom stereocenters. The first-order chi connectivity index (χ1) is 12.1. The third-order valence-electron chi connectivity index (χ3n) is 4.28. The summed E-state index contributed by atoms with van der Waals surface area (Å²) in [5.41, 5.74) is 0.850. The quantitative estimate of drug-likeness (QED) is 0.782. The molecule has 0 bridgehead atoms. The minimum atomic E-state index is -0.0694. The maximum absolute atomic E-state index is 12.2. The van der Waals surface area contributed by atoms with Crippen molar-refractivity contribution in [3.8, 4) is 0 Å². The SMILES string of the molecule is CN(C)CCn1ccc(NC(=O)Cc2csc(C3CCNCC3)n2)n1. The van der Waals surface area contributed by atoms with Crippen LogP contribution in [0.1, 0.15) is 29.5 Å². The summed E-state index contributed by atoms with van der Waals surface area (Å²) in [7, 11) is 4.05. The number of carbonyl (C=O) groups is 1. The van der Waals surface area contributed by atoms with E-state index in [1.807, 2.05) is 36.4 Å². The zero-order valence-electron chi connectivity index (χ0n) is 14.9. The van der Waals surface area contributed by atoms with Crippen molar-refractivity contribution in [3.63, 3.8) is 0 Å². The summed E-state index contributed by atoms with van der Waals surface area (Å²) in [4.78, 5) is 19.0. The minimum Gasteiger partial charge on any atom is -0.317 e. The molecule has 1 aliphatic heterocycles. The van der Waals surface area contributed by atoms with E-state index in [1.54, 1.807) is 11.3 Å². The summed E-state index contributed by atoms with van der Waals surface area (Å²) in [6.07, 6.45) is 4.44. The zero-order chi connectivity index (χ0) is 17.6. The van der Waals surface area contributed by atoms with Gasteiger partial charge in [-0.3, -0.25) is 9.48 Å². The van der Waals surface area contributed by atoms with Gasteiger partial charge in [-0.1, -0.05) is 0 Å². The number of rotatable bonds is 7. The summed E-state index contributed by atoms with van der Waals surface area (Å²) >= 11 is 1.67. The second-order valence-electron chi connectivity index (χ2n) is 6.69. The van der Waals surface area contributed by atoms with Crippen molar-refractivity contribution < 1.29 is 4.79 Å². The highest BCUT2D eigenvalue weighted by Gasteiger charge is 2.19. The van der Waals surface area contributed by atoms with Crippen LogP contribution in [0.5, 0.6) is 0 Å². The van der Waals surface area contributed by atoms with Crippen LogP contribution in [0, 0.1) is 0 Å². The highest BCUT2D eigenvalue weighted by molar-refractivity contribution is 7.09. The first kappa shape index (κ1) is 18.0. The standard InChI is InChI=1S/C17H26N6OS/c1-22(2)9-10-23-8-5-15(21-23)20-16(24)11-14-12-25-17(19-14)13-3-6-18-7-4-13/h5,8,12-13,18H,3-4,6-7,9-11H2,1-2H3,(H,20,21,24). The fourth-order valence-electron chi connectivity index (χ4n) is 2.87. The predicted molar refractivity (Wildman–Crippen MR) is 100 cm³/mol. The molecule has 7 nitrogen and oxygen atoms in total. The van der Waals surface area contributed by atoms with E-state index in [2.05, 4.69) is 25.6 Å². The molecule has 2 N–H and O–H groups in total. The topological polar surface area (TPSA) is 75.1 Å². The molecule has 25 heavy (non-hydrogen) atoms. The van der Waals surface area contributed by atoms with Crippen LogP contribution < -0.4 is 10.6 Å². The molecule has 3 heterocycles. The van der Waals surface area contributed by atoms with Gasteiger partial charge in [0.15, 0.2) is 5.82 Å². The molecule has 0 radical (unpaired) electrons. The number of aromatic nitrogens is 3. The van der Waals surface area contributed by atoms with Crippen molar-refractivity contribution >= 4 is 23.1 Å². The third kappa shape index (κ3) is 5.35. The lowest BCUT2D eigenvalue weighted by Gasteiger charge is -2.20. The third-order valence-corrected chi connectivity index (χ3v) is 5.34. The monoisotopic (exact) mass is 362 g/mol. The summed E-state index contributed by atoms with van der Waals surface area (Å²) < 4.78 is 1.84. The number of carbonyl (C=O) groups excluding carboxylic acids is 1. The van der Waals surface area contributed by atoms with Gasteiger partial charge < -0.3 is 15.5 Å². The lowest BCUT2D eigenvalue weighted by molar-refractivity contribution is -0.115. The summed E-state index contributed by atoms with van der Waals surface area (Å²) in [6, 6.07) is 1.83. The van der Waals surface area contributed by atoms with E-state index in [0.717, 1.165) is 49.7 Å². The van der Waals surface area contributed by atoms with Crippen molar-refractivity contribution in [2.75, 3.05) is 39.0 Å². The van der Waals surface area contributed by atoms with E-state index in [1.165, 1.54) is 0 Å². The van der Waals surface area contributed by atoms with Crippen molar-refractivity contribution in [1.82, 2.24) is 25.0 Å². The Morgan fingerprint density at radius 2 is 2.24 bits per heavy atom. The second kappa shape index (κ2) is 8.55. The molecule has 0 saturated carbocycles. The predicted octanol–water partition coefficient (Wildman–Crippen LogP) is 1.55. The molecule has 0 spiro atoms. The molecule has 1 saturated heterocycles. The molecule has 1 aliphatic rings. The Hall–Kier alpha value is -1.77. The Kier molecular flexibility index (Phi) is 6.17. The second-order valence-corrected chi connectivity index (χ2v) is 7.58. The lowest BCUT2D eigenvalue weighted by atomic mass is 9.99. The average molecular weight is 363 g/mol. The lowest BCUT2D eigenvalue weighted by Crippen LogP contribution is -2.26. The van der Waals surface area contributed by atoms with Gasteiger partial charge in [0.2, 0.25) is 5.91 Å². The number of nitrogens with one attached hydrogen (secondary N) is 2. The number of likely N-dealkylation sites (N-methyl/N-ethyl adjacent to an activating group) is 1. The Labute approximate surface area is 152 Å². The smallest absolute Gasteiger partial charge is 0.231 e. The molecule has 3 rings (SSSR count). The number of piperidine rings is 1. The van der Waals surface area contributed by atoms with Gasteiger partial charge in [0.1, 0.15) is 0 Å². The molecular weight excluding hydrogens is 336 g/mol. The van der Waals surface area contributed by atoms with Crippen molar-refractivity contribution in [3.05, 3.63) is 28.3 Å². The average Bonchev–Trinajstić information content (AvgIpc) is 3.23. The van der Waals surface area contributed by atoms with Crippen LogP contribution in [0.4, 0.5) is 5.82 Å². The fourth-order valence-corrected chi connectivity index (χ4v) is 3.86. The zero-order valence-corrected chi connectivity index (χ0v) is 15.7. The highest BCUT2D eigenvalue weighted by atomic mass is 32.1. The van der Waals surface area contributed by atoms with Gasteiger partial charge in [0.25, 0.3) is 0 Å². The van der Waals surface area contributed by atoms with Crippen molar-refractivity contribution in [2.45, 2.75) is 31.7 Å². The molecule has 8 heteroatoms. The summed E-state index contributed by atoms with van der Waals surface area (Å²) in [5.74, 6) is 1.06. The molecule has 1 fully saturated rings. The molecule has 1 amide bonds. The van der Waals surface area contributed by atoms with Crippen LogP contribution in [0.3, 0.4) is 0 Å². The summed E-state index contributed by atoms with van der Waals surface area (Å²) in [6.45, 7) is 3.81. The molecule has 136 valence electrons. The minimum absolute atomic E-state index is 0.0694. The van der Waals surface area contributed by atoms with Crippen LogP contribution >= 0.6 is 11.3 Å². The molecule has 0 aliphatic carbocycles. The van der Waals surface area contributed by atoms with Gasteiger partial charge >= 0.3 is 0 Å². The highest BCUT2D eigenvalue weighted by Crippen LogP contribution is 2.28. The Bertz CT molecular complexity index is 689. The maximum Gasteiger partial charge on any atom is 0.231 e. The fraction of sp³-hybridized carbons (Fsp3) is 0.588. The first-order valence-electron chi connectivity index (χ1n) is 8.73. The molecule has 0 aromatic carbocycles. The largest absolute Gasteiger partial charge is 0.317 e. The normalized spacial score (nSPS) is 15.6. The number of hydrogen-bond donors (Lipinski definition) is 2. The molecular formula is C17H26N6OS. The van der Waals surface area contributed by atoms with E-state index in [4.69, 9.17) is 0 Å². The number of anilines is 1. The van der Waals surface area contributed by atoms with E-state index >= 15 is 0 Å². The van der Waals surface area contributed by atoms with Gasteiger partial charge in [-0.15, -0.1) is 11.3 Å². The van der Waals surface area contributed by atoms with Crippen LogP contribution in [0.25, 0.3) is 0 Å². The number of hydrogen-bond acceptors (Lipinski definition) is 6.